The lowest BCUT2D eigenvalue weighted by Crippen LogP contribution is -2.42. The zero-order valence-corrected chi connectivity index (χ0v) is 14.7. The van der Waals surface area contributed by atoms with E-state index < -0.39 is 0 Å². The second-order valence-corrected chi connectivity index (χ2v) is 6.36. The van der Waals surface area contributed by atoms with E-state index in [1.165, 1.54) is 0 Å². The number of urea groups is 1. The van der Waals surface area contributed by atoms with Crippen LogP contribution in [-0.4, -0.2) is 24.0 Å². The van der Waals surface area contributed by atoms with E-state index >= 15 is 0 Å². The van der Waals surface area contributed by atoms with Gasteiger partial charge < -0.3 is 16.0 Å². The number of anilines is 1. The minimum Gasteiger partial charge on any atom is -0.347 e. The zero-order chi connectivity index (χ0) is 17.3. The lowest BCUT2D eigenvalue weighted by molar-refractivity contribution is 0.0911. The highest BCUT2D eigenvalue weighted by Gasteiger charge is 2.18. The van der Waals surface area contributed by atoms with E-state index in [9.17, 15) is 9.59 Å². The second-order valence-electron chi connectivity index (χ2n) is 6.36. The molecule has 5 heteroatoms. The van der Waals surface area contributed by atoms with Crippen LogP contribution in [0.2, 0.25) is 0 Å². The Morgan fingerprint density at radius 3 is 2.26 bits per heavy atom. The van der Waals surface area contributed by atoms with Crippen LogP contribution < -0.4 is 16.0 Å². The molecule has 0 fully saturated rings. The minimum atomic E-state index is -0.230. The van der Waals surface area contributed by atoms with E-state index in [0.717, 1.165) is 25.7 Å². The summed E-state index contributed by atoms with van der Waals surface area (Å²) < 4.78 is 0. The zero-order valence-electron chi connectivity index (χ0n) is 14.7. The molecule has 1 aromatic rings. The van der Waals surface area contributed by atoms with E-state index in [-0.39, 0.29) is 17.5 Å². The summed E-state index contributed by atoms with van der Waals surface area (Å²) >= 11 is 0. The average Bonchev–Trinajstić information content (AvgIpc) is 2.52. The average molecular weight is 319 g/mol. The fourth-order valence-electron chi connectivity index (χ4n) is 1.93. The fraction of sp³-hybridized carbons (Fsp3) is 0.556. The van der Waals surface area contributed by atoms with E-state index in [4.69, 9.17) is 0 Å². The van der Waals surface area contributed by atoms with Crippen LogP contribution in [0.3, 0.4) is 0 Å². The maximum atomic E-state index is 12.1. The molecule has 0 radical (unpaired) electrons. The van der Waals surface area contributed by atoms with Gasteiger partial charge in [-0.1, -0.05) is 26.7 Å². The first-order chi connectivity index (χ1) is 10.9. The Balaban J connectivity index is 2.50. The molecule has 3 amide bonds. The Bertz CT molecular complexity index is 510. The van der Waals surface area contributed by atoms with Crippen LogP contribution in [0.1, 0.15) is 63.7 Å². The molecule has 0 bridgehead atoms. The van der Waals surface area contributed by atoms with Crippen LogP contribution in [0.15, 0.2) is 24.3 Å². The molecule has 0 atom stereocenters. The lowest BCUT2D eigenvalue weighted by atomic mass is 10.0. The Labute approximate surface area is 139 Å². The van der Waals surface area contributed by atoms with Crippen molar-refractivity contribution in [3.05, 3.63) is 29.8 Å². The Kier molecular flexibility index (Phi) is 7.59. The van der Waals surface area contributed by atoms with Crippen LogP contribution in [0.4, 0.5) is 10.5 Å². The minimum absolute atomic E-state index is 0.104. The van der Waals surface area contributed by atoms with Gasteiger partial charge in [-0.25, -0.2) is 4.79 Å². The summed E-state index contributed by atoms with van der Waals surface area (Å²) in [5.41, 5.74) is 1.02. The van der Waals surface area contributed by atoms with Gasteiger partial charge in [0.15, 0.2) is 0 Å². The van der Waals surface area contributed by atoms with Crippen molar-refractivity contribution in [2.24, 2.45) is 0 Å². The van der Waals surface area contributed by atoms with Crippen molar-refractivity contribution in [1.82, 2.24) is 10.6 Å². The van der Waals surface area contributed by atoms with Gasteiger partial charge >= 0.3 is 6.03 Å². The van der Waals surface area contributed by atoms with E-state index in [1.54, 1.807) is 24.3 Å². The monoisotopic (exact) mass is 319 g/mol. The van der Waals surface area contributed by atoms with Gasteiger partial charge in [0.25, 0.3) is 5.91 Å². The van der Waals surface area contributed by atoms with Gasteiger partial charge in [-0.05, 0) is 51.0 Å². The highest BCUT2D eigenvalue weighted by Crippen LogP contribution is 2.12. The molecule has 128 valence electrons. The third-order valence-corrected chi connectivity index (χ3v) is 3.81. The first-order valence-electron chi connectivity index (χ1n) is 8.35. The van der Waals surface area contributed by atoms with Gasteiger partial charge in [-0.2, -0.15) is 0 Å². The van der Waals surface area contributed by atoms with Crippen molar-refractivity contribution >= 4 is 17.6 Å². The van der Waals surface area contributed by atoms with Gasteiger partial charge in [0.2, 0.25) is 0 Å². The first-order valence-corrected chi connectivity index (χ1v) is 8.35. The summed E-state index contributed by atoms with van der Waals surface area (Å²) in [6.07, 6.45) is 4.08. The SMILES string of the molecule is CCCCCNC(=O)Nc1ccc(C(=O)NC(C)(C)CC)cc1. The number of benzene rings is 1. The number of carbonyl (C=O) groups is 2. The first kappa shape index (κ1) is 19.0. The number of nitrogens with one attached hydrogen (secondary N) is 3. The van der Waals surface area contributed by atoms with Crippen LogP contribution in [0.5, 0.6) is 0 Å². The van der Waals surface area contributed by atoms with Crippen LogP contribution >= 0.6 is 0 Å². The number of hydrogen-bond acceptors (Lipinski definition) is 2. The summed E-state index contributed by atoms with van der Waals surface area (Å²) in [5.74, 6) is -0.104. The molecule has 0 unspecified atom stereocenters. The van der Waals surface area contributed by atoms with E-state index in [0.29, 0.717) is 17.8 Å². The fourth-order valence-corrected chi connectivity index (χ4v) is 1.93. The molecule has 0 spiro atoms. The molecular formula is C18H29N3O2. The number of hydrogen-bond donors (Lipinski definition) is 3. The lowest BCUT2D eigenvalue weighted by Gasteiger charge is -2.24. The smallest absolute Gasteiger partial charge is 0.319 e. The van der Waals surface area contributed by atoms with E-state index in [2.05, 4.69) is 22.9 Å². The molecule has 0 heterocycles. The maximum absolute atomic E-state index is 12.1. The molecule has 5 nitrogen and oxygen atoms in total. The van der Waals surface area contributed by atoms with Crippen molar-refractivity contribution < 1.29 is 9.59 Å². The number of amides is 3. The van der Waals surface area contributed by atoms with Gasteiger partial charge in [0.05, 0.1) is 0 Å². The quantitative estimate of drug-likeness (QED) is 0.636. The van der Waals surface area contributed by atoms with Crippen LogP contribution in [-0.2, 0) is 0 Å². The molecule has 0 aliphatic carbocycles. The predicted molar refractivity (Wildman–Crippen MR) is 94.8 cm³/mol. The molecule has 1 rings (SSSR count). The summed E-state index contributed by atoms with van der Waals surface area (Å²) in [6, 6.07) is 6.69. The van der Waals surface area contributed by atoms with Crippen molar-refractivity contribution in [2.45, 2.75) is 58.9 Å². The van der Waals surface area contributed by atoms with Crippen molar-refractivity contribution in [3.63, 3.8) is 0 Å². The molecule has 0 aromatic heterocycles. The number of unbranched alkanes of at least 4 members (excludes halogenated alkanes) is 2. The number of carbonyl (C=O) groups excluding carboxylic acids is 2. The predicted octanol–water partition coefficient (Wildman–Crippen LogP) is 3.92. The molecule has 0 saturated heterocycles. The Morgan fingerprint density at radius 1 is 1.04 bits per heavy atom. The Morgan fingerprint density at radius 2 is 1.70 bits per heavy atom. The molecule has 3 N–H and O–H groups in total. The molecule has 1 aromatic carbocycles. The van der Waals surface area contributed by atoms with Crippen molar-refractivity contribution in [2.75, 3.05) is 11.9 Å². The summed E-state index contributed by atoms with van der Waals surface area (Å²) in [6.45, 7) is 8.81. The topological polar surface area (TPSA) is 70.2 Å². The molecule has 0 saturated carbocycles. The van der Waals surface area contributed by atoms with Gasteiger partial charge in [0.1, 0.15) is 0 Å². The van der Waals surface area contributed by atoms with Crippen molar-refractivity contribution in [1.29, 1.82) is 0 Å². The third-order valence-electron chi connectivity index (χ3n) is 3.81. The van der Waals surface area contributed by atoms with Crippen molar-refractivity contribution in [3.8, 4) is 0 Å². The normalized spacial score (nSPS) is 11.0. The summed E-state index contributed by atoms with van der Waals surface area (Å²) in [7, 11) is 0. The second kappa shape index (κ2) is 9.18. The van der Waals surface area contributed by atoms with Gasteiger partial charge in [0, 0.05) is 23.3 Å². The van der Waals surface area contributed by atoms with Gasteiger partial charge in [-0.15, -0.1) is 0 Å². The standard InChI is InChI=1S/C18H29N3O2/c1-5-7-8-13-19-17(23)20-15-11-9-14(10-12-15)16(22)21-18(3,4)6-2/h9-12H,5-8,13H2,1-4H3,(H,21,22)(H2,19,20,23). The van der Waals surface area contributed by atoms with E-state index in [1.807, 2.05) is 20.8 Å². The molecule has 23 heavy (non-hydrogen) atoms. The summed E-state index contributed by atoms with van der Waals surface area (Å²) in [4.78, 5) is 23.9. The highest BCUT2D eigenvalue weighted by atomic mass is 16.2. The summed E-state index contributed by atoms with van der Waals surface area (Å²) in [5, 5.41) is 8.56. The largest absolute Gasteiger partial charge is 0.347 e. The Hall–Kier alpha value is -2.04. The molecule has 0 aliphatic rings. The molecule has 0 aliphatic heterocycles. The maximum Gasteiger partial charge on any atom is 0.319 e. The molecular weight excluding hydrogens is 290 g/mol. The highest BCUT2D eigenvalue weighted by molar-refractivity contribution is 5.95. The van der Waals surface area contributed by atoms with Gasteiger partial charge in [-0.3, -0.25) is 4.79 Å². The van der Waals surface area contributed by atoms with Crippen LogP contribution in [0.25, 0.3) is 0 Å². The van der Waals surface area contributed by atoms with Crippen LogP contribution in [0, 0.1) is 0 Å². The number of rotatable bonds is 8. The third kappa shape index (κ3) is 7.17.